The number of amides is 1. The van der Waals surface area contributed by atoms with Gasteiger partial charge in [0, 0.05) is 6.54 Å². The van der Waals surface area contributed by atoms with Crippen molar-refractivity contribution in [1.29, 1.82) is 0 Å². The van der Waals surface area contributed by atoms with E-state index in [0.717, 1.165) is 0 Å². The van der Waals surface area contributed by atoms with E-state index in [-0.39, 0.29) is 11.4 Å². The molecule has 0 atom stereocenters. The topological polar surface area (TPSA) is 93.2 Å². The Morgan fingerprint density at radius 1 is 1.71 bits per heavy atom. The number of alkyl halides is 2. The number of hydrogen-bond acceptors (Lipinski definition) is 4. The number of aromatic nitrogens is 2. The molecule has 1 aromatic rings. The number of carbonyl (C=O) groups excluding carboxylic acids is 1. The molecule has 0 bridgehead atoms. The molecule has 1 aromatic heterocycles. The molecule has 1 heterocycles. The number of aryl methyl sites for hydroxylation is 1. The van der Waals surface area contributed by atoms with Crippen LogP contribution in [0.4, 0.5) is 14.5 Å². The van der Waals surface area contributed by atoms with Crippen LogP contribution < -0.4 is 11.1 Å². The third-order valence-electron chi connectivity index (χ3n) is 2.12. The van der Waals surface area contributed by atoms with Gasteiger partial charge in [-0.2, -0.15) is 5.10 Å². The number of aliphatic hydroxyl groups excluding tert-OH is 1. The Hall–Kier alpha value is -1.70. The number of nitrogens with zero attached hydrogens (tertiary/aromatic N) is 2. The van der Waals surface area contributed by atoms with Gasteiger partial charge in [-0.15, -0.1) is 0 Å². The number of halogens is 2. The zero-order valence-electron chi connectivity index (χ0n) is 9.28. The summed E-state index contributed by atoms with van der Waals surface area (Å²) in [6.07, 6.45) is 1.28. The van der Waals surface area contributed by atoms with Gasteiger partial charge in [-0.1, -0.05) is 0 Å². The van der Waals surface area contributed by atoms with Crippen LogP contribution in [0.2, 0.25) is 0 Å². The van der Waals surface area contributed by atoms with Gasteiger partial charge >= 0.3 is 0 Å². The van der Waals surface area contributed by atoms with Crippen LogP contribution in [0.15, 0.2) is 6.20 Å². The van der Waals surface area contributed by atoms with E-state index >= 15 is 0 Å². The second-order valence-corrected chi connectivity index (χ2v) is 3.46. The van der Waals surface area contributed by atoms with Gasteiger partial charge in [-0.25, -0.2) is 8.78 Å². The van der Waals surface area contributed by atoms with Crippen molar-refractivity contribution in [3.8, 4) is 0 Å². The highest BCUT2D eigenvalue weighted by atomic mass is 19.3. The molecule has 0 saturated heterocycles. The van der Waals surface area contributed by atoms with Gasteiger partial charge < -0.3 is 16.2 Å². The maximum absolute atomic E-state index is 12.7. The van der Waals surface area contributed by atoms with Crippen LogP contribution >= 0.6 is 0 Å². The van der Waals surface area contributed by atoms with Crippen molar-refractivity contribution in [2.75, 3.05) is 18.9 Å². The van der Waals surface area contributed by atoms with E-state index in [4.69, 9.17) is 10.8 Å². The van der Waals surface area contributed by atoms with Crippen molar-refractivity contribution >= 4 is 11.6 Å². The zero-order chi connectivity index (χ0) is 13.1. The summed E-state index contributed by atoms with van der Waals surface area (Å²) in [7, 11) is 0. The average Bonchev–Trinajstić information content (AvgIpc) is 2.67. The molecule has 0 fully saturated rings. The van der Waals surface area contributed by atoms with E-state index in [1.165, 1.54) is 10.9 Å². The third kappa shape index (κ3) is 3.13. The van der Waals surface area contributed by atoms with Crippen molar-refractivity contribution in [3.05, 3.63) is 11.9 Å². The molecule has 0 aliphatic heterocycles. The molecule has 0 aromatic carbocycles. The van der Waals surface area contributed by atoms with E-state index in [2.05, 4.69) is 5.10 Å². The molecule has 17 heavy (non-hydrogen) atoms. The highest BCUT2D eigenvalue weighted by Crippen LogP contribution is 2.13. The van der Waals surface area contributed by atoms with Crippen LogP contribution in [0.3, 0.4) is 0 Å². The zero-order valence-corrected chi connectivity index (χ0v) is 9.28. The summed E-state index contributed by atoms with van der Waals surface area (Å²) in [5, 5.41) is 14.2. The molecule has 0 spiro atoms. The van der Waals surface area contributed by atoms with Gasteiger partial charge in [-0.3, -0.25) is 9.48 Å². The number of nitrogens with two attached hydrogens (primary N) is 1. The first-order valence-corrected chi connectivity index (χ1v) is 4.99. The van der Waals surface area contributed by atoms with Gasteiger partial charge in [0.1, 0.15) is 12.3 Å². The van der Waals surface area contributed by atoms with Crippen LogP contribution in [0, 0.1) is 0 Å². The fourth-order valence-electron chi connectivity index (χ4n) is 1.24. The van der Waals surface area contributed by atoms with Crippen LogP contribution in [0.1, 0.15) is 17.4 Å². The number of nitrogens with one attached hydrogen (secondary N) is 1. The standard InChI is InChI=1S/C9H14F2N4O2/c1-2-15-7(6(12)3-14-15)8(17)13-4-9(10,11)5-16/h3,16H,2,4-5,12H2,1H3,(H,13,17). The summed E-state index contributed by atoms with van der Waals surface area (Å²) >= 11 is 0. The summed E-state index contributed by atoms with van der Waals surface area (Å²) in [6, 6.07) is 0. The Morgan fingerprint density at radius 2 is 2.35 bits per heavy atom. The lowest BCUT2D eigenvalue weighted by atomic mass is 10.3. The van der Waals surface area contributed by atoms with Crippen molar-refractivity contribution in [3.63, 3.8) is 0 Å². The van der Waals surface area contributed by atoms with Gasteiger partial charge in [0.05, 0.1) is 18.4 Å². The maximum Gasteiger partial charge on any atom is 0.287 e. The van der Waals surface area contributed by atoms with Crippen molar-refractivity contribution in [2.45, 2.75) is 19.4 Å². The van der Waals surface area contributed by atoms with Crippen molar-refractivity contribution in [2.24, 2.45) is 0 Å². The molecule has 0 unspecified atom stereocenters. The highest BCUT2D eigenvalue weighted by molar-refractivity contribution is 5.97. The lowest BCUT2D eigenvalue weighted by Gasteiger charge is -2.14. The fraction of sp³-hybridized carbons (Fsp3) is 0.556. The third-order valence-corrected chi connectivity index (χ3v) is 2.12. The minimum absolute atomic E-state index is 0.0428. The Kier molecular flexibility index (Phi) is 4.00. The first kappa shape index (κ1) is 13.4. The minimum Gasteiger partial charge on any atom is -0.396 e. The van der Waals surface area contributed by atoms with Gasteiger partial charge in [0.25, 0.3) is 11.8 Å². The summed E-state index contributed by atoms with van der Waals surface area (Å²) in [5.41, 5.74) is 5.67. The molecule has 0 saturated carbocycles. The van der Waals surface area contributed by atoms with Gasteiger partial charge in [0.2, 0.25) is 0 Å². The van der Waals surface area contributed by atoms with E-state index in [9.17, 15) is 13.6 Å². The molecular formula is C9H14F2N4O2. The van der Waals surface area contributed by atoms with E-state index in [1.54, 1.807) is 6.92 Å². The molecule has 1 rings (SSSR count). The number of aliphatic hydroxyl groups is 1. The minimum atomic E-state index is -3.35. The lowest BCUT2D eigenvalue weighted by Crippen LogP contribution is -2.39. The SMILES string of the molecule is CCn1ncc(N)c1C(=O)NCC(F)(F)CO. The van der Waals surface area contributed by atoms with Crippen molar-refractivity contribution < 1.29 is 18.7 Å². The molecule has 96 valence electrons. The Labute approximate surface area is 96.4 Å². The molecule has 0 aliphatic carbocycles. The number of nitrogen functional groups attached to an aromatic ring is 1. The highest BCUT2D eigenvalue weighted by Gasteiger charge is 2.29. The number of hydrogen-bond donors (Lipinski definition) is 3. The molecule has 0 aliphatic rings. The summed E-state index contributed by atoms with van der Waals surface area (Å²) < 4.78 is 26.7. The summed E-state index contributed by atoms with van der Waals surface area (Å²) in [5.74, 6) is -4.09. The number of carbonyl (C=O) groups is 1. The van der Waals surface area contributed by atoms with Gasteiger partial charge in [0.15, 0.2) is 0 Å². The largest absolute Gasteiger partial charge is 0.396 e. The molecule has 1 amide bonds. The van der Waals surface area contributed by atoms with Crippen LogP contribution in [0.25, 0.3) is 0 Å². The summed E-state index contributed by atoms with van der Waals surface area (Å²) in [4.78, 5) is 11.6. The first-order valence-electron chi connectivity index (χ1n) is 4.99. The molecular weight excluding hydrogens is 234 g/mol. The van der Waals surface area contributed by atoms with E-state index in [0.29, 0.717) is 6.54 Å². The number of anilines is 1. The van der Waals surface area contributed by atoms with Crippen LogP contribution in [-0.4, -0.2) is 39.9 Å². The first-order chi connectivity index (χ1) is 7.91. The van der Waals surface area contributed by atoms with E-state index in [1.807, 2.05) is 5.32 Å². The second-order valence-electron chi connectivity index (χ2n) is 3.46. The molecule has 6 nitrogen and oxygen atoms in total. The van der Waals surface area contributed by atoms with Crippen LogP contribution in [0.5, 0.6) is 0 Å². The number of rotatable bonds is 5. The Balaban J connectivity index is 2.73. The van der Waals surface area contributed by atoms with Gasteiger partial charge in [-0.05, 0) is 6.92 Å². The molecule has 8 heteroatoms. The van der Waals surface area contributed by atoms with Crippen molar-refractivity contribution in [1.82, 2.24) is 15.1 Å². The summed E-state index contributed by atoms with van der Waals surface area (Å²) in [6.45, 7) is -0.131. The van der Waals surface area contributed by atoms with E-state index < -0.39 is 25.0 Å². The Bertz CT molecular complexity index is 406. The fourth-order valence-corrected chi connectivity index (χ4v) is 1.24. The quantitative estimate of drug-likeness (QED) is 0.675. The monoisotopic (exact) mass is 248 g/mol. The average molecular weight is 248 g/mol. The lowest BCUT2D eigenvalue weighted by molar-refractivity contribution is -0.0462. The van der Waals surface area contributed by atoms with Crippen LogP contribution in [-0.2, 0) is 6.54 Å². The predicted molar refractivity (Wildman–Crippen MR) is 56.7 cm³/mol. The smallest absolute Gasteiger partial charge is 0.287 e. The Morgan fingerprint density at radius 3 is 2.88 bits per heavy atom. The normalized spacial score (nSPS) is 11.5. The maximum atomic E-state index is 12.7. The molecule has 0 radical (unpaired) electrons. The predicted octanol–water partition coefficient (Wildman–Crippen LogP) is -0.157. The second kappa shape index (κ2) is 5.09. The molecule has 4 N–H and O–H groups in total.